The van der Waals surface area contributed by atoms with Gasteiger partial charge in [-0.1, -0.05) is 18.2 Å². The zero-order chi connectivity index (χ0) is 19.9. The number of piperidine rings is 1. The molecular formula is C20H29N3O4. The summed E-state index contributed by atoms with van der Waals surface area (Å²) in [6.45, 7) is 7.07. The van der Waals surface area contributed by atoms with Gasteiger partial charge in [0.2, 0.25) is 5.91 Å². The lowest BCUT2D eigenvalue weighted by atomic mass is 9.96. The van der Waals surface area contributed by atoms with Gasteiger partial charge >= 0.3 is 6.09 Å². The van der Waals surface area contributed by atoms with Crippen LogP contribution in [0.1, 0.15) is 44.0 Å². The van der Waals surface area contributed by atoms with E-state index in [4.69, 9.17) is 4.74 Å². The fourth-order valence-electron chi connectivity index (χ4n) is 2.95. The summed E-state index contributed by atoms with van der Waals surface area (Å²) < 4.78 is 5.14. The quantitative estimate of drug-likeness (QED) is 0.772. The molecule has 0 spiro atoms. The molecule has 0 radical (unpaired) electrons. The SMILES string of the molecule is CC(C)(C)OC(=O)NCCNC(=O)C1CCCN(C(=O)c2ccccc2)C1. The second kappa shape index (κ2) is 9.39. The Morgan fingerprint density at radius 2 is 1.78 bits per heavy atom. The zero-order valence-corrected chi connectivity index (χ0v) is 16.3. The van der Waals surface area contributed by atoms with E-state index in [1.165, 1.54) is 0 Å². The van der Waals surface area contributed by atoms with Gasteiger partial charge in [-0.2, -0.15) is 0 Å². The number of nitrogens with one attached hydrogen (secondary N) is 2. The molecule has 1 aromatic carbocycles. The lowest BCUT2D eigenvalue weighted by Gasteiger charge is -2.32. The van der Waals surface area contributed by atoms with E-state index in [0.29, 0.717) is 31.7 Å². The van der Waals surface area contributed by atoms with Crippen LogP contribution < -0.4 is 10.6 Å². The van der Waals surface area contributed by atoms with E-state index in [2.05, 4.69) is 10.6 Å². The van der Waals surface area contributed by atoms with E-state index in [-0.39, 0.29) is 17.7 Å². The van der Waals surface area contributed by atoms with E-state index in [1.807, 2.05) is 18.2 Å². The number of amides is 3. The lowest BCUT2D eigenvalue weighted by molar-refractivity contribution is -0.126. The molecule has 0 aliphatic carbocycles. The molecular weight excluding hydrogens is 346 g/mol. The molecule has 1 heterocycles. The molecule has 1 aliphatic rings. The molecule has 7 heteroatoms. The minimum Gasteiger partial charge on any atom is -0.444 e. The minimum atomic E-state index is -0.551. The first-order chi connectivity index (χ1) is 12.8. The van der Waals surface area contributed by atoms with Crippen LogP contribution in [-0.4, -0.2) is 54.6 Å². The van der Waals surface area contributed by atoms with Crippen molar-refractivity contribution in [2.24, 2.45) is 5.92 Å². The van der Waals surface area contributed by atoms with E-state index in [1.54, 1.807) is 37.8 Å². The van der Waals surface area contributed by atoms with Gasteiger partial charge in [-0.3, -0.25) is 9.59 Å². The highest BCUT2D eigenvalue weighted by molar-refractivity contribution is 5.94. The van der Waals surface area contributed by atoms with Crippen LogP contribution in [0.5, 0.6) is 0 Å². The maximum Gasteiger partial charge on any atom is 0.407 e. The average molecular weight is 375 g/mol. The fraction of sp³-hybridized carbons (Fsp3) is 0.550. The number of hydrogen-bond donors (Lipinski definition) is 2. The number of alkyl carbamates (subject to hydrolysis) is 1. The largest absolute Gasteiger partial charge is 0.444 e. The first kappa shape index (κ1) is 20.7. The van der Waals surface area contributed by atoms with Crippen molar-refractivity contribution in [1.29, 1.82) is 0 Å². The van der Waals surface area contributed by atoms with Crippen LogP contribution >= 0.6 is 0 Å². The molecule has 1 aromatic rings. The van der Waals surface area contributed by atoms with Crippen molar-refractivity contribution in [2.45, 2.75) is 39.2 Å². The molecule has 1 atom stereocenters. The summed E-state index contributed by atoms with van der Waals surface area (Å²) in [5.74, 6) is -0.362. The second-order valence-corrected chi connectivity index (χ2v) is 7.68. The van der Waals surface area contributed by atoms with Gasteiger partial charge < -0.3 is 20.3 Å². The summed E-state index contributed by atoms with van der Waals surface area (Å²) in [7, 11) is 0. The average Bonchev–Trinajstić information content (AvgIpc) is 2.64. The predicted molar refractivity (Wildman–Crippen MR) is 102 cm³/mol. The number of ether oxygens (including phenoxy) is 1. The molecule has 0 aromatic heterocycles. The maximum atomic E-state index is 12.6. The number of nitrogens with zero attached hydrogens (tertiary/aromatic N) is 1. The summed E-state index contributed by atoms with van der Waals surface area (Å²) in [6.07, 6.45) is 1.05. The molecule has 7 nitrogen and oxygen atoms in total. The molecule has 27 heavy (non-hydrogen) atoms. The first-order valence-electron chi connectivity index (χ1n) is 9.35. The molecule has 2 rings (SSSR count). The Balaban J connectivity index is 1.75. The highest BCUT2D eigenvalue weighted by Gasteiger charge is 2.28. The molecule has 0 bridgehead atoms. The van der Waals surface area contributed by atoms with Crippen LogP contribution in [0.15, 0.2) is 30.3 Å². The molecule has 1 saturated heterocycles. The van der Waals surface area contributed by atoms with Crippen molar-refractivity contribution in [1.82, 2.24) is 15.5 Å². The number of carbonyl (C=O) groups excluding carboxylic acids is 3. The summed E-state index contributed by atoms with van der Waals surface area (Å²) >= 11 is 0. The standard InChI is InChI=1S/C20H29N3O4/c1-20(2,3)27-19(26)22-12-11-21-17(24)16-10-7-13-23(14-16)18(25)15-8-5-4-6-9-15/h4-6,8-9,16H,7,10-14H2,1-3H3,(H,21,24)(H,22,26). The van der Waals surface area contributed by atoms with Crippen LogP contribution in [0.25, 0.3) is 0 Å². The van der Waals surface area contributed by atoms with Crippen LogP contribution in [0, 0.1) is 5.92 Å². The van der Waals surface area contributed by atoms with Crippen molar-refractivity contribution in [3.8, 4) is 0 Å². The Labute approximate surface area is 160 Å². The summed E-state index contributed by atoms with van der Waals surface area (Å²) in [5.41, 5.74) is 0.0876. The molecule has 1 unspecified atom stereocenters. The van der Waals surface area contributed by atoms with E-state index in [0.717, 1.165) is 12.8 Å². The van der Waals surface area contributed by atoms with Gasteiger partial charge in [0.25, 0.3) is 5.91 Å². The third kappa shape index (κ3) is 6.92. The fourth-order valence-corrected chi connectivity index (χ4v) is 2.95. The zero-order valence-electron chi connectivity index (χ0n) is 16.3. The van der Waals surface area contributed by atoms with Gasteiger partial charge in [-0.05, 0) is 45.7 Å². The van der Waals surface area contributed by atoms with E-state index < -0.39 is 11.7 Å². The number of rotatable bonds is 5. The van der Waals surface area contributed by atoms with Crippen LogP contribution in [-0.2, 0) is 9.53 Å². The first-order valence-corrected chi connectivity index (χ1v) is 9.35. The molecule has 148 valence electrons. The summed E-state index contributed by atoms with van der Waals surface area (Å²) in [6, 6.07) is 9.11. The Bertz CT molecular complexity index is 655. The van der Waals surface area contributed by atoms with Gasteiger partial charge in [0.05, 0.1) is 5.92 Å². The minimum absolute atomic E-state index is 0.0420. The Morgan fingerprint density at radius 1 is 1.11 bits per heavy atom. The molecule has 0 saturated carbocycles. The predicted octanol–water partition coefficient (Wildman–Crippen LogP) is 2.18. The Morgan fingerprint density at radius 3 is 2.44 bits per heavy atom. The number of hydrogen-bond acceptors (Lipinski definition) is 4. The number of likely N-dealkylation sites (tertiary alicyclic amines) is 1. The topological polar surface area (TPSA) is 87.7 Å². The Kier molecular flexibility index (Phi) is 7.21. The second-order valence-electron chi connectivity index (χ2n) is 7.68. The van der Waals surface area contributed by atoms with Crippen LogP contribution in [0.3, 0.4) is 0 Å². The molecule has 3 amide bonds. The third-order valence-electron chi connectivity index (χ3n) is 4.19. The van der Waals surface area contributed by atoms with Crippen LogP contribution in [0.2, 0.25) is 0 Å². The Hall–Kier alpha value is -2.57. The monoisotopic (exact) mass is 375 g/mol. The highest BCUT2D eigenvalue weighted by atomic mass is 16.6. The van der Waals surface area contributed by atoms with Gasteiger partial charge in [-0.25, -0.2) is 4.79 Å². The van der Waals surface area contributed by atoms with Crippen molar-refractivity contribution in [3.05, 3.63) is 35.9 Å². The number of carbonyl (C=O) groups is 3. The van der Waals surface area contributed by atoms with E-state index in [9.17, 15) is 14.4 Å². The van der Waals surface area contributed by atoms with Gasteiger partial charge in [-0.15, -0.1) is 0 Å². The normalized spacial score (nSPS) is 17.1. The van der Waals surface area contributed by atoms with Crippen molar-refractivity contribution in [2.75, 3.05) is 26.2 Å². The molecule has 1 aliphatic heterocycles. The number of benzene rings is 1. The maximum absolute atomic E-state index is 12.6. The third-order valence-corrected chi connectivity index (χ3v) is 4.19. The van der Waals surface area contributed by atoms with Crippen molar-refractivity contribution >= 4 is 17.9 Å². The lowest BCUT2D eigenvalue weighted by Crippen LogP contribution is -2.46. The molecule has 2 N–H and O–H groups in total. The highest BCUT2D eigenvalue weighted by Crippen LogP contribution is 2.18. The van der Waals surface area contributed by atoms with Gasteiger partial charge in [0.1, 0.15) is 5.60 Å². The molecule has 1 fully saturated rings. The van der Waals surface area contributed by atoms with Gasteiger partial charge in [0, 0.05) is 31.7 Å². The van der Waals surface area contributed by atoms with Crippen molar-refractivity contribution < 1.29 is 19.1 Å². The summed E-state index contributed by atoms with van der Waals surface area (Å²) in [4.78, 5) is 38.2. The van der Waals surface area contributed by atoms with E-state index >= 15 is 0 Å². The van der Waals surface area contributed by atoms with Gasteiger partial charge in [0.15, 0.2) is 0 Å². The summed E-state index contributed by atoms with van der Waals surface area (Å²) in [5, 5.41) is 5.43. The van der Waals surface area contributed by atoms with Crippen LogP contribution in [0.4, 0.5) is 4.79 Å². The smallest absolute Gasteiger partial charge is 0.407 e. The van der Waals surface area contributed by atoms with Crippen molar-refractivity contribution in [3.63, 3.8) is 0 Å².